The molecule has 4 nitrogen and oxygen atoms in total. The molecule has 0 aliphatic carbocycles. The zero-order chi connectivity index (χ0) is 16.9. The summed E-state index contributed by atoms with van der Waals surface area (Å²) in [5, 5.41) is 6.60. The highest BCUT2D eigenvalue weighted by Gasteiger charge is 2.16. The Labute approximate surface area is 147 Å². The summed E-state index contributed by atoms with van der Waals surface area (Å²) in [4.78, 5) is 18.3. The first-order valence-corrected chi connectivity index (χ1v) is 9.07. The Morgan fingerprint density at radius 1 is 1.25 bits per heavy atom. The van der Waals surface area contributed by atoms with Crippen molar-refractivity contribution in [2.75, 3.05) is 20.2 Å². The fourth-order valence-electron chi connectivity index (χ4n) is 2.02. The van der Waals surface area contributed by atoms with Gasteiger partial charge in [-0.3, -0.25) is 4.79 Å². The number of thiophene rings is 1. The van der Waals surface area contributed by atoms with Crippen LogP contribution >= 0.6 is 22.7 Å². The van der Waals surface area contributed by atoms with Gasteiger partial charge in [-0.2, -0.15) is 11.3 Å². The van der Waals surface area contributed by atoms with Crippen molar-refractivity contribution in [3.05, 3.63) is 58.0 Å². The third kappa shape index (κ3) is 3.98. The minimum absolute atomic E-state index is 0.143. The van der Waals surface area contributed by atoms with Crippen LogP contribution in [0, 0.1) is 5.82 Å². The number of aromatic nitrogens is 1. The SMILES string of the molecule is CN(CCOc1ccc(F)cc1)C(=O)c1csc(-c2ccsc2)n1. The summed E-state index contributed by atoms with van der Waals surface area (Å²) in [6, 6.07) is 7.78. The molecular formula is C17H15FN2O2S2. The van der Waals surface area contributed by atoms with Crippen LogP contribution in [-0.2, 0) is 0 Å². The molecule has 1 aromatic carbocycles. The molecule has 24 heavy (non-hydrogen) atoms. The summed E-state index contributed by atoms with van der Waals surface area (Å²) >= 11 is 3.06. The summed E-state index contributed by atoms with van der Waals surface area (Å²) in [6.45, 7) is 0.747. The van der Waals surface area contributed by atoms with E-state index in [-0.39, 0.29) is 11.7 Å². The van der Waals surface area contributed by atoms with Gasteiger partial charge in [0, 0.05) is 23.4 Å². The Balaban J connectivity index is 1.54. The van der Waals surface area contributed by atoms with Crippen LogP contribution in [0.2, 0.25) is 0 Å². The molecular weight excluding hydrogens is 347 g/mol. The van der Waals surface area contributed by atoms with E-state index in [0.717, 1.165) is 10.6 Å². The molecule has 0 aliphatic heterocycles. The normalized spacial score (nSPS) is 10.6. The minimum Gasteiger partial charge on any atom is -0.492 e. The van der Waals surface area contributed by atoms with E-state index in [9.17, 15) is 9.18 Å². The number of ether oxygens (including phenoxy) is 1. The molecule has 2 heterocycles. The highest BCUT2D eigenvalue weighted by molar-refractivity contribution is 7.14. The van der Waals surface area contributed by atoms with Crippen molar-refractivity contribution >= 4 is 28.6 Å². The van der Waals surface area contributed by atoms with Crippen molar-refractivity contribution in [3.63, 3.8) is 0 Å². The predicted molar refractivity (Wildman–Crippen MR) is 94.3 cm³/mol. The Morgan fingerprint density at radius 2 is 2.04 bits per heavy atom. The van der Waals surface area contributed by atoms with Crippen molar-refractivity contribution in [3.8, 4) is 16.3 Å². The first-order chi connectivity index (χ1) is 11.6. The number of thiazole rings is 1. The van der Waals surface area contributed by atoms with Crippen LogP contribution in [0.4, 0.5) is 4.39 Å². The molecule has 3 aromatic rings. The Bertz CT molecular complexity index is 800. The van der Waals surface area contributed by atoms with Crippen molar-refractivity contribution in [2.45, 2.75) is 0 Å². The van der Waals surface area contributed by atoms with Gasteiger partial charge in [0.1, 0.15) is 28.9 Å². The number of carbonyl (C=O) groups excluding carboxylic acids is 1. The molecule has 1 amide bonds. The molecule has 0 bridgehead atoms. The third-order valence-corrected chi connectivity index (χ3v) is 4.92. The Kier molecular flexibility index (Phi) is 5.22. The summed E-state index contributed by atoms with van der Waals surface area (Å²) in [7, 11) is 1.71. The smallest absolute Gasteiger partial charge is 0.273 e. The van der Waals surface area contributed by atoms with Crippen molar-refractivity contribution in [2.24, 2.45) is 0 Å². The van der Waals surface area contributed by atoms with E-state index in [0.29, 0.717) is 24.6 Å². The lowest BCUT2D eigenvalue weighted by molar-refractivity contribution is 0.0769. The number of hydrogen-bond donors (Lipinski definition) is 0. The first kappa shape index (κ1) is 16.6. The molecule has 0 unspecified atom stereocenters. The van der Waals surface area contributed by atoms with Crippen LogP contribution in [0.25, 0.3) is 10.6 Å². The zero-order valence-corrected chi connectivity index (χ0v) is 14.6. The topological polar surface area (TPSA) is 42.4 Å². The van der Waals surface area contributed by atoms with Crippen molar-refractivity contribution < 1.29 is 13.9 Å². The van der Waals surface area contributed by atoms with E-state index in [1.165, 1.54) is 23.5 Å². The Morgan fingerprint density at radius 3 is 2.75 bits per heavy atom. The molecule has 0 saturated carbocycles. The van der Waals surface area contributed by atoms with Gasteiger partial charge in [0.15, 0.2) is 0 Å². The Hall–Kier alpha value is -2.25. The number of amides is 1. The quantitative estimate of drug-likeness (QED) is 0.661. The maximum atomic E-state index is 12.8. The van der Waals surface area contributed by atoms with Crippen LogP contribution in [0.3, 0.4) is 0 Å². The fourth-order valence-corrected chi connectivity index (χ4v) is 3.53. The largest absolute Gasteiger partial charge is 0.492 e. The lowest BCUT2D eigenvalue weighted by atomic mass is 10.3. The second-order valence-electron chi connectivity index (χ2n) is 5.08. The van der Waals surface area contributed by atoms with E-state index in [1.54, 1.807) is 40.8 Å². The van der Waals surface area contributed by atoms with Gasteiger partial charge in [0.05, 0.1) is 6.54 Å². The first-order valence-electron chi connectivity index (χ1n) is 7.25. The molecule has 3 rings (SSSR count). The lowest BCUT2D eigenvalue weighted by Gasteiger charge is -2.16. The van der Waals surface area contributed by atoms with Gasteiger partial charge < -0.3 is 9.64 Å². The van der Waals surface area contributed by atoms with Crippen LogP contribution in [0.5, 0.6) is 5.75 Å². The van der Waals surface area contributed by atoms with E-state index in [1.807, 2.05) is 16.8 Å². The van der Waals surface area contributed by atoms with Crippen LogP contribution < -0.4 is 4.74 Å². The molecule has 0 fully saturated rings. The molecule has 7 heteroatoms. The van der Waals surface area contributed by atoms with E-state index in [4.69, 9.17) is 4.74 Å². The number of carbonyl (C=O) groups is 1. The molecule has 0 aliphatic rings. The molecule has 2 aromatic heterocycles. The summed E-state index contributed by atoms with van der Waals surface area (Å²) < 4.78 is 18.3. The number of rotatable bonds is 6. The highest BCUT2D eigenvalue weighted by atomic mass is 32.1. The maximum absolute atomic E-state index is 12.8. The number of hydrogen-bond acceptors (Lipinski definition) is 5. The van der Waals surface area contributed by atoms with E-state index >= 15 is 0 Å². The van der Waals surface area contributed by atoms with Gasteiger partial charge in [-0.05, 0) is 35.7 Å². The number of likely N-dealkylation sites (N-methyl/N-ethyl adjacent to an activating group) is 1. The molecule has 0 radical (unpaired) electrons. The zero-order valence-electron chi connectivity index (χ0n) is 12.9. The molecule has 0 spiro atoms. The lowest BCUT2D eigenvalue weighted by Crippen LogP contribution is -2.31. The standard InChI is InChI=1S/C17H15FN2O2S2/c1-20(7-8-22-14-4-2-13(18)3-5-14)17(21)15-11-24-16(19-15)12-6-9-23-10-12/h2-6,9-11H,7-8H2,1H3. The second kappa shape index (κ2) is 7.55. The summed E-state index contributed by atoms with van der Waals surface area (Å²) in [5.74, 6) is 0.126. The highest BCUT2D eigenvalue weighted by Crippen LogP contribution is 2.26. The summed E-state index contributed by atoms with van der Waals surface area (Å²) in [6.07, 6.45) is 0. The van der Waals surface area contributed by atoms with Gasteiger partial charge in [0.25, 0.3) is 5.91 Å². The van der Waals surface area contributed by atoms with Crippen molar-refractivity contribution in [1.82, 2.24) is 9.88 Å². The van der Waals surface area contributed by atoms with Gasteiger partial charge in [0.2, 0.25) is 0 Å². The average molecular weight is 362 g/mol. The van der Waals surface area contributed by atoms with Crippen LogP contribution in [-0.4, -0.2) is 36.0 Å². The van der Waals surface area contributed by atoms with E-state index in [2.05, 4.69) is 4.98 Å². The molecule has 0 saturated heterocycles. The summed E-state index contributed by atoms with van der Waals surface area (Å²) in [5.41, 5.74) is 1.47. The minimum atomic E-state index is -0.306. The van der Waals surface area contributed by atoms with Crippen molar-refractivity contribution in [1.29, 1.82) is 0 Å². The van der Waals surface area contributed by atoms with Crippen LogP contribution in [0.15, 0.2) is 46.5 Å². The second-order valence-corrected chi connectivity index (χ2v) is 6.72. The molecule has 0 N–H and O–H groups in total. The number of benzene rings is 1. The van der Waals surface area contributed by atoms with Crippen LogP contribution in [0.1, 0.15) is 10.5 Å². The monoisotopic (exact) mass is 362 g/mol. The maximum Gasteiger partial charge on any atom is 0.273 e. The van der Waals surface area contributed by atoms with Gasteiger partial charge >= 0.3 is 0 Å². The predicted octanol–water partition coefficient (Wildman–Crippen LogP) is 4.16. The molecule has 124 valence electrons. The van der Waals surface area contributed by atoms with E-state index < -0.39 is 0 Å². The third-order valence-electron chi connectivity index (χ3n) is 3.35. The average Bonchev–Trinajstić information content (AvgIpc) is 3.27. The number of halogens is 1. The molecule has 0 atom stereocenters. The van der Waals surface area contributed by atoms with Gasteiger partial charge in [-0.15, -0.1) is 11.3 Å². The van der Waals surface area contributed by atoms with Gasteiger partial charge in [-0.1, -0.05) is 0 Å². The van der Waals surface area contributed by atoms with Gasteiger partial charge in [-0.25, -0.2) is 9.37 Å². The number of nitrogens with zero attached hydrogens (tertiary/aromatic N) is 2. The fraction of sp³-hybridized carbons (Fsp3) is 0.176.